The van der Waals surface area contributed by atoms with Crippen LogP contribution in [0.3, 0.4) is 0 Å². The quantitative estimate of drug-likeness (QED) is 0.799. The van der Waals surface area contributed by atoms with Gasteiger partial charge in [-0.2, -0.15) is 5.26 Å². The molecule has 1 amide bonds. The minimum absolute atomic E-state index is 0.000165. The van der Waals surface area contributed by atoms with Crippen LogP contribution < -0.4 is 11.2 Å². The number of nitriles is 1. The van der Waals surface area contributed by atoms with Crippen molar-refractivity contribution in [3.05, 3.63) is 68.2 Å². The normalized spacial score (nSPS) is 10.3. The third kappa shape index (κ3) is 3.83. The molecule has 0 N–H and O–H groups in total. The Morgan fingerprint density at radius 3 is 2.60 bits per heavy atom. The Kier molecular flexibility index (Phi) is 5.49. The number of aryl methyl sites for hydroxylation is 1. The van der Waals surface area contributed by atoms with E-state index >= 15 is 0 Å². The fourth-order valence-corrected chi connectivity index (χ4v) is 2.32. The molecule has 8 heteroatoms. The van der Waals surface area contributed by atoms with E-state index in [1.807, 2.05) is 0 Å². The van der Waals surface area contributed by atoms with Gasteiger partial charge >= 0.3 is 5.69 Å². The van der Waals surface area contributed by atoms with E-state index in [9.17, 15) is 18.8 Å². The molecule has 7 nitrogen and oxygen atoms in total. The molecule has 130 valence electrons. The van der Waals surface area contributed by atoms with Crippen LogP contribution in [0.25, 0.3) is 0 Å². The van der Waals surface area contributed by atoms with Crippen molar-refractivity contribution in [2.45, 2.75) is 26.6 Å². The van der Waals surface area contributed by atoms with Crippen LogP contribution in [0.15, 0.2) is 40.1 Å². The number of hydrogen-bond donors (Lipinski definition) is 0. The zero-order valence-electron chi connectivity index (χ0n) is 13.9. The smallest absolute Gasteiger partial charge is 0.331 e. The van der Waals surface area contributed by atoms with Crippen LogP contribution in [0.1, 0.15) is 18.1 Å². The molecule has 25 heavy (non-hydrogen) atoms. The highest BCUT2D eigenvalue weighted by molar-refractivity contribution is 5.75. The van der Waals surface area contributed by atoms with Gasteiger partial charge in [-0.05, 0) is 13.0 Å². The zero-order valence-corrected chi connectivity index (χ0v) is 13.9. The first kappa shape index (κ1) is 18.1. The van der Waals surface area contributed by atoms with Gasteiger partial charge in [0.05, 0.1) is 0 Å². The molecule has 2 aromatic rings. The molecule has 0 spiro atoms. The summed E-state index contributed by atoms with van der Waals surface area (Å²) in [5.41, 5.74) is -1.38. The first-order valence-electron chi connectivity index (χ1n) is 7.60. The first-order valence-corrected chi connectivity index (χ1v) is 7.60. The van der Waals surface area contributed by atoms with Crippen molar-refractivity contribution in [1.29, 1.82) is 5.26 Å². The second-order valence-corrected chi connectivity index (χ2v) is 5.46. The third-order valence-electron chi connectivity index (χ3n) is 3.78. The van der Waals surface area contributed by atoms with E-state index in [2.05, 4.69) is 0 Å². The molecule has 0 saturated heterocycles. The van der Waals surface area contributed by atoms with E-state index in [0.717, 1.165) is 4.57 Å². The largest absolute Gasteiger partial charge is 0.340 e. The SMILES string of the molecule is CCn1cc(C#N)c(=O)n(CC(=O)N(C)Cc2ccccc2F)c1=O. The zero-order chi connectivity index (χ0) is 18.6. The van der Waals surface area contributed by atoms with Crippen LogP contribution >= 0.6 is 0 Å². The molecule has 0 atom stereocenters. The van der Waals surface area contributed by atoms with Crippen molar-refractivity contribution in [2.75, 3.05) is 7.05 Å². The molecular formula is C17H17FN4O3. The summed E-state index contributed by atoms with van der Waals surface area (Å²) < 4.78 is 15.6. The lowest BCUT2D eigenvalue weighted by atomic mass is 10.2. The number of rotatable bonds is 5. The van der Waals surface area contributed by atoms with E-state index in [0.29, 0.717) is 5.56 Å². The van der Waals surface area contributed by atoms with E-state index in [1.54, 1.807) is 31.2 Å². The lowest BCUT2D eigenvalue weighted by Crippen LogP contribution is -2.44. The van der Waals surface area contributed by atoms with E-state index in [4.69, 9.17) is 5.26 Å². The van der Waals surface area contributed by atoms with E-state index in [-0.39, 0.29) is 18.7 Å². The van der Waals surface area contributed by atoms with Crippen LogP contribution in [-0.4, -0.2) is 27.0 Å². The predicted octanol–water partition coefficient (Wildman–Crippen LogP) is 0.699. The van der Waals surface area contributed by atoms with Crippen molar-refractivity contribution >= 4 is 5.91 Å². The minimum Gasteiger partial charge on any atom is -0.340 e. The number of hydrogen-bond acceptors (Lipinski definition) is 4. The highest BCUT2D eigenvalue weighted by Gasteiger charge is 2.17. The summed E-state index contributed by atoms with van der Waals surface area (Å²) in [5, 5.41) is 9.01. The Labute approximate surface area is 143 Å². The number of aromatic nitrogens is 2. The molecule has 0 radical (unpaired) electrons. The lowest BCUT2D eigenvalue weighted by Gasteiger charge is -2.18. The van der Waals surface area contributed by atoms with Crippen LogP contribution in [0, 0.1) is 17.1 Å². The summed E-state index contributed by atoms with van der Waals surface area (Å²) >= 11 is 0. The number of carbonyl (C=O) groups is 1. The van der Waals surface area contributed by atoms with Crippen molar-refractivity contribution in [2.24, 2.45) is 0 Å². The van der Waals surface area contributed by atoms with Gasteiger partial charge in [0.15, 0.2) is 0 Å². The monoisotopic (exact) mass is 344 g/mol. The second-order valence-electron chi connectivity index (χ2n) is 5.46. The van der Waals surface area contributed by atoms with Gasteiger partial charge in [-0.3, -0.25) is 14.2 Å². The van der Waals surface area contributed by atoms with Crippen molar-refractivity contribution in [1.82, 2.24) is 14.0 Å². The van der Waals surface area contributed by atoms with Gasteiger partial charge in [0.25, 0.3) is 5.56 Å². The van der Waals surface area contributed by atoms with Crippen molar-refractivity contribution < 1.29 is 9.18 Å². The average molecular weight is 344 g/mol. The minimum atomic E-state index is -0.815. The van der Waals surface area contributed by atoms with E-state index in [1.165, 1.54) is 28.8 Å². The molecule has 0 aliphatic rings. The molecule has 0 aliphatic heterocycles. The summed E-state index contributed by atoms with van der Waals surface area (Å²) in [6.45, 7) is 1.43. The summed E-state index contributed by atoms with van der Waals surface area (Å²) in [6, 6.07) is 7.75. The van der Waals surface area contributed by atoms with Gasteiger partial charge < -0.3 is 4.90 Å². The number of halogens is 1. The van der Waals surface area contributed by atoms with Crippen LogP contribution in [0.4, 0.5) is 4.39 Å². The maximum absolute atomic E-state index is 13.7. The molecule has 2 rings (SSSR count). The van der Waals surface area contributed by atoms with Gasteiger partial charge in [0, 0.05) is 31.9 Å². The molecule has 0 saturated carbocycles. The Morgan fingerprint density at radius 2 is 2.00 bits per heavy atom. The maximum atomic E-state index is 13.7. The summed E-state index contributed by atoms with van der Waals surface area (Å²) in [6.07, 6.45) is 1.18. The van der Waals surface area contributed by atoms with Gasteiger partial charge in [-0.1, -0.05) is 18.2 Å². The summed E-state index contributed by atoms with van der Waals surface area (Å²) in [4.78, 5) is 38.0. The number of amides is 1. The molecule has 1 heterocycles. The Balaban J connectivity index is 2.29. The van der Waals surface area contributed by atoms with E-state index < -0.39 is 29.5 Å². The molecule has 0 bridgehead atoms. The molecule has 0 fully saturated rings. The Hall–Kier alpha value is -3.21. The summed E-state index contributed by atoms with van der Waals surface area (Å²) in [7, 11) is 1.45. The third-order valence-corrected chi connectivity index (χ3v) is 3.78. The Morgan fingerprint density at radius 1 is 1.32 bits per heavy atom. The summed E-state index contributed by atoms with van der Waals surface area (Å²) in [5.74, 6) is -0.987. The van der Waals surface area contributed by atoms with Gasteiger partial charge in [-0.15, -0.1) is 0 Å². The molecule has 1 aromatic carbocycles. The standard InChI is InChI=1S/C17H17FN4O3/c1-3-21-10-13(8-19)16(24)22(17(21)25)11-15(23)20(2)9-12-6-4-5-7-14(12)18/h4-7,10H,3,9,11H2,1-2H3. The van der Waals surface area contributed by atoms with Crippen LogP contribution in [0.5, 0.6) is 0 Å². The molecule has 1 aromatic heterocycles. The van der Waals surface area contributed by atoms with Crippen molar-refractivity contribution in [3.8, 4) is 6.07 Å². The van der Waals surface area contributed by atoms with Crippen molar-refractivity contribution in [3.63, 3.8) is 0 Å². The van der Waals surface area contributed by atoms with Gasteiger partial charge in [0.1, 0.15) is 24.0 Å². The number of likely N-dealkylation sites (N-methyl/N-ethyl adjacent to an activating group) is 1. The first-order chi connectivity index (χ1) is 11.9. The fourth-order valence-electron chi connectivity index (χ4n) is 2.32. The maximum Gasteiger partial charge on any atom is 0.331 e. The number of benzene rings is 1. The number of carbonyl (C=O) groups excluding carboxylic acids is 1. The molecule has 0 unspecified atom stereocenters. The molecular weight excluding hydrogens is 327 g/mol. The van der Waals surface area contributed by atoms with Gasteiger partial charge in [-0.25, -0.2) is 13.8 Å². The fraction of sp³-hybridized carbons (Fsp3) is 0.294. The second kappa shape index (κ2) is 7.57. The van der Waals surface area contributed by atoms with Crippen LogP contribution in [-0.2, 0) is 24.4 Å². The highest BCUT2D eigenvalue weighted by Crippen LogP contribution is 2.09. The molecule has 0 aliphatic carbocycles. The Bertz CT molecular complexity index is 956. The average Bonchev–Trinajstić information content (AvgIpc) is 2.60. The highest BCUT2D eigenvalue weighted by atomic mass is 19.1. The topological polar surface area (TPSA) is 88.1 Å². The predicted molar refractivity (Wildman–Crippen MR) is 88.2 cm³/mol. The number of nitrogens with zero attached hydrogens (tertiary/aromatic N) is 4. The van der Waals surface area contributed by atoms with Gasteiger partial charge in [0.2, 0.25) is 5.91 Å². The lowest BCUT2D eigenvalue weighted by molar-refractivity contribution is -0.131. The van der Waals surface area contributed by atoms with Crippen LogP contribution in [0.2, 0.25) is 0 Å².